The molecule has 0 aliphatic carbocycles. The molecule has 0 spiro atoms. The fourth-order valence-corrected chi connectivity index (χ4v) is 4.06. The number of aromatic nitrogens is 1. The Bertz CT molecular complexity index is 1040. The largest absolute Gasteiger partial charge is 0.416 e. The van der Waals surface area contributed by atoms with E-state index in [4.69, 9.17) is 0 Å². The van der Waals surface area contributed by atoms with Crippen LogP contribution in [0.3, 0.4) is 0 Å². The normalized spacial score (nSPS) is 18.0. The van der Waals surface area contributed by atoms with Gasteiger partial charge in [-0.25, -0.2) is 4.98 Å². The van der Waals surface area contributed by atoms with Gasteiger partial charge in [0.05, 0.1) is 28.6 Å². The molecule has 2 N–H and O–H groups in total. The van der Waals surface area contributed by atoms with Crippen LogP contribution in [0.25, 0.3) is 22.5 Å². The molecule has 2 aromatic carbocycles. The molecule has 3 aromatic rings. The number of alkyl halides is 6. The second kappa shape index (κ2) is 9.38. The molecule has 34 heavy (non-hydrogen) atoms. The average Bonchev–Trinajstić information content (AvgIpc) is 2.83. The van der Waals surface area contributed by atoms with Gasteiger partial charge in [-0.1, -0.05) is 30.7 Å². The van der Waals surface area contributed by atoms with E-state index in [0.29, 0.717) is 28.1 Å². The zero-order valence-electron chi connectivity index (χ0n) is 17.9. The van der Waals surface area contributed by atoms with Crippen molar-refractivity contribution in [3.05, 3.63) is 77.4 Å². The summed E-state index contributed by atoms with van der Waals surface area (Å²) < 4.78 is 77.8. The van der Waals surface area contributed by atoms with Crippen molar-refractivity contribution in [3.63, 3.8) is 0 Å². The molecule has 1 aromatic heterocycles. The minimum absolute atomic E-state index is 0.211. The summed E-state index contributed by atoms with van der Waals surface area (Å²) in [5.74, 6) is 0. The Hall–Kier alpha value is -2.91. The molecule has 1 aliphatic heterocycles. The van der Waals surface area contributed by atoms with Gasteiger partial charge in [0.15, 0.2) is 0 Å². The third-order valence-corrected chi connectivity index (χ3v) is 5.93. The van der Waals surface area contributed by atoms with E-state index in [1.54, 1.807) is 12.1 Å². The highest BCUT2D eigenvalue weighted by atomic mass is 19.4. The van der Waals surface area contributed by atoms with Gasteiger partial charge in [0.1, 0.15) is 0 Å². The maximum absolute atomic E-state index is 13.0. The Balaban J connectivity index is 1.76. The summed E-state index contributed by atoms with van der Waals surface area (Å²) in [6.07, 6.45) is -7.20. The van der Waals surface area contributed by atoms with Crippen LogP contribution in [0.2, 0.25) is 0 Å². The molecular weight excluding hydrogens is 458 g/mol. The minimum Gasteiger partial charge on any atom is -0.387 e. The van der Waals surface area contributed by atoms with Crippen LogP contribution in [0.1, 0.15) is 42.1 Å². The van der Waals surface area contributed by atoms with Crippen LogP contribution in [-0.2, 0) is 12.4 Å². The molecule has 0 saturated carbocycles. The quantitative estimate of drug-likeness (QED) is 0.412. The van der Waals surface area contributed by atoms with E-state index in [2.05, 4.69) is 10.3 Å². The minimum atomic E-state index is -4.48. The Morgan fingerprint density at radius 3 is 1.62 bits per heavy atom. The van der Waals surface area contributed by atoms with Crippen molar-refractivity contribution in [2.24, 2.45) is 0 Å². The van der Waals surface area contributed by atoms with Gasteiger partial charge in [0, 0.05) is 17.2 Å². The van der Waals surface area contributed by atoms with Crippen molar-refractivity contribution in [2.45, 2.75) is 43.8 Å². The molecule has 0 bridgehead atoms. The molecular formula is C25H22F6N2O. The first kappa shape index (κ1) is 24.2. The van der Waals surface area contributed by atoms with E-state index in [1.165, 1.54) is 24.3 Å². The van der Waals surface area contributed by atoms with Crippen LogP contribution in [0.5, 0.6) is 0 Å². The van der Waals surface area contributed by atoms with Gasteiger partial charge in [-0.2, -0.15) is 26.3 Å². The monoisotopic (exact) mass is 480 g/mol. The summed E-state index contributed by atoms with van der Waals surface area (Å²) in [6, 6.07) is 11.9. The number of nitrogens with zero attached hydrogens (tertiary/aromatic N) is 1. The molecule has 0 amide bonds. The second-order valence-electron chi connectivity index (χ2n) is 8.32. The number of nitrogens with one attached hydrogen (secondary N) is 1. The lowest BCUT2D eigenvalue weighted by Crippen LogP contribution is -2.38. The summed E-state index contributed by atoms with van der Waals surface area (Å²) in [5.41, 5.74) is 0.299. The van der Waals surface area contributed by atoms with Gasteiger partial charge in [-0.3, -0.25) is 0 Å². The molecule has 4 rings (SSSR count). The Morgan fingerprint density at radius 2 is 1.24 bits per heavy atom. The summed E-state index contributed by atoms with van der Waals surface area (Å²) >= 11 is 0. The summed E-state index contributed by atoms with van der Waals surface area (Å²) in [5, 5.41) is 14.3. The predicted molar refractivity (Wildman–Crippen MR) is 116 cm³/mol. The first-order valence-corrected chi connectivity index (χ1v) is 10.8. The maximum atomic E-state index is 13.0. The molecule has 0 radical (unpaired) electrons. The van der Waals surface area contributed by atoms with Gasteiger partial charge in [0.2, 0.25) is 0 Å². The standard InChI is InChI=1S/C25H22F6N2O/c26-24(27,28)18-8-4-15(5-9-18)21-13-17(23(34)20-3-1-2-12-32-20)14-22(33-21)16-6-10-19(11-7-16)25(29,30)31/h4-11,13-14,20,23,32,34H,1-3,12H2/t20-,23+/m0/s1. The van der Waals surface area contributed by atoms with E-state index in [0.717, 1.165) is 50.1 Å². The summed E-state index contributed by atoms with van der Waals surface area (Å²) in [4.78, 5) is 4.49. The van der Waals surface area contributed by atoms with Crippen molar-refractivity contribution >= 4 is 0 Å². The fraction of sp³-hybridized carbons (Fsp3) is 0.320. The second-order valence-corrected chi connectivity index (χ2v) is 8.32. The number of rotatable bonds is 4. The Labute approximate surface area is 192 Å². The van der Waals surface area contributed by atoms with E-state index in [-0.39, 0.29) is 6.04 Å². The predicted octanol–water partition coefficient (Wildman–Crippen LogP) is 6.63. The van der Waals surface area contributed by atoms with E-state index >= 15 is 0 Å². The lowest BCUT2D eigenvalue weighted by molar-refractivity contribution is -0.138. The van der Waals surface area contributed by atoms with E-state index < -0.39 is 29.6 Å². The molecule has 2 atom stereocenters. The molecule has 1 aliphatic rings. The molecule has 1 saturated heterocycles. The topological polar surface area (TPSA) is 45.2 Å². The number of pyridine rings is 1. The maximum Gasteiger partial charge on any atom is 0.416 e. The first-order chi connectivity index (χ1) is 16.0. The van der Waals surface area contributed by atoms with Crippen LogP contribution in [0, 0.1) is 0 Å². The SMILES string of the molecule is O[C@H](c1cc(-c2ccc(C(F)(F)F)cc2)nc(-c2ccc(C(F)(F)F)cc2)c1)[C@@H]1CCCCN1. The Kier molecular flexibility index (Phi) is 6.69. The molecule has 180 valence electrons. The van der Waals surface area contributed by atoms with Crippen LogP contribution in [0.15, 0.2) is 60.7 Å². The molecule has 2 heterocycles. The van der Waals surface area contributed by atoms with E-state index in [9.17, 15) is 31.4 Å². The number of piperidine rings is 1. The highest BCUT2D eigenvalue weighted by Crippen LogP contribution is 2.35. The van der Waals surface area contributed by atoms with Crippen LogP contribution in [-0.4, -0.2) is 22.7 Å². The summed E-state index contributed by atoms with van der Waals surface area (Å²) in [7, 11) is 0. The number of aliphatic hydroxyl groups is 1. The molecule has 0 unspecified atom stereocenters. The zero-order valence-corrected chi connectivity index (χ0v) is 17.9. The smallest absolute Gasteiger partial charge is 0.387 e. The number of hydrogen-bond donors (Lipinski definition) is 2. The fourth-order valence-electron chi connectivity index (χ4n) is 4.06. The average molecular weight is 480 g/mol. The first-order valence-electron chi connectivity index (χ1n) is 10.8. The molecule has 3 nitrogen and oxygen atoms in total. The number of benzene rings is 2. The Morgan fingerprint density at radius 1 is 0.765 bits per heavy atom. The number of hydrogen-bond acceptors (Lipinski definition) is 3. The molecule has 9 heteroatoms. The van der Waals surface area contributed by atoms with Crippen molar-refractivity contribution in [2.75, 3.05) is 6.54 Å². The van der Waals surface area contributed by atoms with Crippen molar-refractivity contribution in [3.8, 4) is 22.5 Å². The zero-order chi connectivity index (χ0) is 24.5. The number of aliphatic hydroxyl groups excluding tert-OH is 1. The van der Waals surface area contributed by atoms with Crippen molar-refractivity contribution in [1.29, 1.82) is 0 Å². The van der Waals surface area contributed by atoms with Gasteiger partial charge < -0.3 is 10.4 Å². The van der Waals surface area contributed by atoms with Gasteiger partial charge in [-0.05, 0) is 61.3 Å². The third-order valence-electron chi connectivity index (χ3n) is 5.93. The van der Waals surface area contributed by atoms with Crippen molar-refractivity contribution < 1.29 is 31.4 Å². The lowest BCUT2D eigenvalue weighted by Gasteiger charge is -2.28. The summed E-state index contributed by atoms with van der Waals surface area (Å²) in [6.45, 7) is 0.754. The van der Waals surface area contributed by atoms with Gasteiger partial charge >= 0.3 is 12.4 Å². The highest BCUT2D eigenvalue weighted by Gasteiger charge is 2.31. The van der Waals surface area contributed by atoms with Crippen LogP contribution < -0.4 is 5.32 Å². The lowest BCUT2D eigenvalue weighted by atomic mass is 9.93. The molecule has 1 fully saturated rings. The highest BCUT2D eigenvalue weighted by molar-refractivity contribution is 5.68. The van der Waals surface area contributed by atoms with Crippen molar-refractivity contribution in [1.82, 2.24) is 10.3 Å². The van der Waals surface area contributed by atoms with Crippen LogP contribution >= 0.6 is 0 Å². The van der Waals surface area contributed by atoms with Gasteiger partial charge in [0.25, 0.3) is 0 Å². The van der Waals surface area contributed by atoms with E-state index in [1.807, 2.05) is 0 Å². The third kappa shape index (κ3) is 5.42. The number of halogens is 6. The van der Waals surface area contributed by atoms with Crippen LogP contribution in [0.4, 0.5) is 26.3 Å². The van der Waals surface area contributed by atoms with Gasteiger partial charge in [-0.15, -0.1) is 0 Å².